The van der Waals surface area contributed by atoms with Gasteiger partial charge in [-0.25, -0.2) is 0 Å². The van der Waals surface area contributed by atoms with Crippen molar-refractivity contribution in [2.45, 2.75) is 6.54 Å². The Balaban J connectivity index is 2.35. The average Bonchev–Trinajstić information content (AvgIpc) is 2.07. The maximum absolute atomic E-state index is 5.06. The van der Waals surface area contributed by atoms with E-state index in [1.165, 1.54) is 0 Å². The van der Waals surface area contributed by atoms with Gasteiger partial charge in [-0.2, -0.15) is 0 Å². The number of nitrogens with zero attached hydrogens (tertiary/aromatic N) is 1. The topological polar surface area (TPSA) is 24.9 Å². The second-order valence-corrected chi connectivity index (χ2v) is 2.13. The van der Waals surface area contributed by atoms with Gasteiger partial charge in [-0.15, -0.1) is 6.42 Å². The Labute approximate surface area is 66.7 Å². The molecule has 2 heteroatoms. The summed E-state index contributed by atoms with van der Waals surface area (Å²) in [4.78, 5) is 4.12. The zero-order valence-corrected chi connectivity index (χ0v) is 6.25. The molecule has 1 N–H and O–H groups in total. The maximum Gasteiger partial charge on any atom is 0.0576 e. The van der Waals surface area contributed by atoms with Crippen LogP contribution in [-0.4, -0.2) is 11.5 Å². The van der Waals surface area contributed by atoms with E-state index in [1.807, 2.05) is 18.2 Å². The van der Waals surface area contributed by atoms with E-state index in [4.69, 9.17) is 6.42 Å². The van der Waals surface area contributed by atoms with Gasteiger partial charge < -0.3 is 5.32 Å². The van der Waals surface area contributed by atoms with Crippen molar-refractivity contribution in [2.75, 3.05) is 6.54 Å². The monoisotopic (exact) mass is 146 g/mol. The summed E-state index contributed by atoms with van der Waals surface area (Å²) < 4.78 is 0. The van der Waals surface area contributed by atoms with Gasteiger partial charge in [0.2, 0.25) is 0 Å². The van der Waals surface area contributed by atoms with Gasteiger partial charge in [0.25, 0.3) is 0 Å². The fourth-order valence-electron chi connectivity index (χ4n) is 0.765. The third-order valence-electron chi connectivity index (χ3n) is 1.26. The molecular formula is C9H10N2. The molecule has 0 bridgehead atoms. The Bertz CT molecular complexity index is 235. The molecule has 0 spiro atoms. The van der Waals surface area contributed by atoms with Crippen LogP contribution in [0.15, 0.2) is 24.4 Å². The molecule has 0 fully saturated rings. The highest BCUT2D eigenvalue weighted by molar-refractivity contribution is 5.03. The van der Waals surface area contributed by atoms with Crippen molar-refractivity contribution in [3.05, 3.63) is 30.1 Å². The highest BCUT2D eigenvalue weighted by Crippen LogP contribution is 1.90. The number of terminal acetylenes is 1. The maximum atomic E-state index is 5.06. The van der Waals surface area contributed by atoms with Crippen molar-refractivity contribution in [2.24, 2.45) is 0 Å². The minimum Gasteiger partial charge on any atom is -0.301 e. The predicted molar refractivity (Wildman–Crippen MR) is 44.8 cm³/mol. The van der Waals surface area contributed by atoms with Crippen molar-refractivity contribution < 1.29 is 0 Å². The summed E-state index contributed by atoms with van der Waals surface area (Å²) in [6.45, 7) is 1.33. The van der Waals surface area contributed by atoms with E-state index in [1.54, 1.807) is 6.20 Å². The first-order chi connectivity index (χ1) is 5.43. The average molecular weight is 146 g/mol. The Kier molecular flexibility index (Phi) is 3.17. The largest absolute Gasteiger partial charge is 0.301 e. The second kappa shape index (κ2) is 4.48. The highest BCUT2D eigenvalue weighted by Gasteiger charge is 1.88. The Morgan fingerprint density at radius 2 is 2.45 bits per heavy atom. The minimum atomic E-state index is 0.594. The molecule has 0 radical (unpaired) electrons. The molecule has 0 aliphatic heterocycles. The predicted octanol–water partition coefficient (Wildman–Crippen LogP) is 0.804. The molecule has 11 heavy (non-hydrogen) atoms. The number of aromatic nitrogens is 1. The van der Waals surface area contributed by atoms with Gasteiger partial charge in [0.15, 0.2) is 0 Å². The van der Waals surface area contributed by atoms with Crippen molar-refractivity contribution in [1.82, 2.24) is 10.3 Å². The van der Waals surface area contributed by atoms with Crippen LogP contribution in [0.3, 0.4) is 0 Å². The van der Waals surface area contributed by atoms with Crippen LogP contribution in [0.25, 0.3) is 0 Å². The zero-order valence-electron chi connectivity index (χ0n) is 6.25. The van der Waals surface area contributed by atoms with Gasteiger partial charge in [0.05, 0.1) is 12.2 Å². The van der Waals surface area contributed by atoms with Crippen molar-refractivity contribution in [3.63, 3.8) is 0 Å². The fraction of sp³-hybridized carbons (Fsp3) is 0.222. The minimum absolute atomic E-state index is 0.594. The van der Waals surface area contributed by atoms with E-state index >= 15 is 0 Å². The molecule has 0 unspecified atom stereocenters. The zero-order chi connectivity index (χ0) is 7.94. The lowest BCUT2D eigenvalue weighted by Gasteiger charge is -1.98. The standard InChI is InChI=1S/C9H10N2/c1-2-6-10-8-9-5-3-4-7-11-9/h1,3-5,7,10H,6,8H2. The van der Waals surface area contributed by atoms with Gasteiger partial charge in [-0.05, 0) is 12.1 Å². The highest BCUT2D eigenvalue weighted by atomic mass is 14.9. The smallest absolute Gasteiger partial charge is 0.0576 e. The summed E-state index contributed by atoms with van der Waals surface area (Å²) in [5, 5.41) is 3.05. The van der Waals surface area contributed by atoms with Crippen LogP contribution < -0.4 is 5.32 Å². The van der Waals surface area contributed by atoms with Gasteiger partial charge in [0.1, 0.15) is 0 Å². The van der Waals surface area contributed by atoms with Gasteiger partial charge in [-0.1, -0.05) is 12.0 Å². The summed E-state index contributed by atoms with van der Waals surface area (Å²) in [7, 11) is 0. The van der Waals surface area contributed by atoms with Crippen LogP contribution in [0.2, 0.25) is 0 Å². The number of rotatable bonds is 3. The molecule has 0 amide bonds. The molecule has 56 valence electrons. The molecule has 1 heterocycles. The van der Waals surface area contributed by atoms with Gasteiger partial charge in [0, 0.05) is 12.7 Å². The SMILES string of the molecule is C#CCNCc1ccccn1. The summed E-state index contributed by atoms with van der Waals surface area (Å²) in [5.41, 5.74) is 1.02. The molecule has 0 aliphatic carbocycles. The van der Waals surface area contributed by atoms with Crippen LogP contribution in [-0.2, 0) is 6.54 Å². The van der Waals surface area contributed by atoms with Crippen LogP contribution in [0, 0.1) is 12.3 Å². The van der Waals surface area contributed by atoms with E-state index in [-0.39, 0.29) is 0 Å². The molecule has 0 aliphatic rings. The van der Waals surface area contributed by atoms with Crippen molar-refractivity contribution >= 4 is 0 Å². The summed E-state index contributed by atoms with van der Waals surface area (Å²) in [6.07, 6.45) is 6.83. The summed E-state index contributed by atoms with van der Waals surface area (Å²) in [5.74, 6) is 2.50. The first-order valence-electron chi connectivity index (χ1n) is 3.47. The molecule has 0 saturated carbocycles. The summed E-state index contributed by atoms with van der Waals surface area (Å²) >= 11 is 0. The first-order valence-corrected chi connectivity index (χ1v) is 3.47. The Morgan fingerprint density at radius 3 is 3.09 bits per heavy atom. The van der Waals surface area contributed by atoms with Crippen LogP contribution in [0.1, 0.15) is 5.69 Å². The van der Waals surface area contributed by atoms with Crippen molar-refractivity contribution in [3.8, 4) is 12.3 Å². The Morgan fingerprint density at radius 1 is 1.55 bits per heavy atom. The number of hydrogen-bond acceptors (Lipinski definition) is 2. The quantitative estimate of drug-likeness (QED) is 0.504. The van der Waals surface area contributed by atoms with E-state index < -0.39 is 0 Å². The molecule has 0 aromatic carbocycles. The molecule has 2 nitrogen and oxygen atoms in total. The lowest BCUT2D eigenvalue weighted by Crippen LogP contribution is -2.13. The van der Waals surface area contributed by atoms with E-state index in [0.29, 0.717) is 6.54 Å². The Hall–Kier alpha value is -1.33. The third kappa shape index (κ3) is 2.83. The molecular weight excluding hydrogens is 136 g/mol. The van der Waals surface area contributed by atoms with Crippen LogP contribution in [0.5, 0.6) is 0 Å². The van der Waals surface area contributed by atoms with Crippen LogP contribution >= 0.6 is 0 Å². The molecule has 1 aromatic heterocycles. The lowest BCUT2D eigenvalue weighted by atomic mass is 10.3. The molecule has 1 aromatic rings. The number of pyridine rings is 1. The van der Waals surface area contributed by atoms with Gasteiger partial charge >= 0.3 is 0 Å². The van der Waals surface area contributed by atoms with Gasteiger partial charge in [-0.3, -0.25) is 4.98 Å². The number of hydrogen-bond donors (Lipinski definition) is 1. The molecule has 0 atom stereocenters. The third-order valence-corrected chi connectivity index (χ3v) is 1.26. The molecule has 1 rings (SSSR count). The molecule has 0 saturated heterocycles. The van der Waals surface area contributed by atoms with Crippen molar-refractivity contribution in [1.29, 1.82) is 0 Å². The number of nitrogens with one attached hydrogen (secondary N) is 1. The lowest BCUT2D eigenvalue weighted by molar-refractivity contribution is 0.749. The van der Waals surface area contributed by atoms with Crippen LogP contribution in [0.4, 0.5) is 0 Å². The first kappa shape index (κ1) is 7.77. The normalized spacial score (nSPS) is 9.00. The second-order valence-electron chi connectivity index (χ2n) is 2.13. The van der Waals surface area contributed by atoms with E-state index in [0.717, 1.165) is 12.2 Å². The van der Waals surface area contributed by atoms with E-state index in [9.17, 15) is 0 Å². The van der Waals surface area contributed by atoms with E-state index in [2.05, 4.69) is 16.2 Å². The summed E-state index contributed by atoms with van der Waals surface area (Å²) in [6, 6.07) is 5.81. The fourth-order valence-corrected chi connectivity index (χ4v) is 0.765.